The minimum Gasteiger partial charge on any atom is -0.383 e. The summed E-state index contributed by atoms with van der Waals surface area (Å²) in [5.74, 6) is 0.832. The van der Waals surface area contributed by atoms with Crippen LogP contribution in [0.3, 0.4) is 0 Å². The van der Waals surface area contributed by atoms with Crippen molar-refractivity contribution in [1.82, 2.24) is 24.6 Å². The predicted octanol–water partition coefficient (Wildman–Crippen LogP) is 1.96. The number of alkyl halides is 1. The molecule has 9 heteroatoms. The minimum atomic E-state index is 0.0797. The Hall–Kier alpha value is -1.41. The van der Waals surface area contributed by atoms with Gasteiger partial charge in [0, 0.05) is 25.4 Å². The van der Waals surface area contributed by atoms with E-state index in [-0.39, 0.29) is 11.9 Å². The smallest absolute Gasteiger partial charge is 0.223 e. The van der Waals surface area contributed by atoms with Crippen LogP contribution in [-0.2, 0) is 4.79 Å². The van der Waals surface area contributed by atoms with Crippen LogP contribution in [0, 0.1) is 0 Å². The molecule has 1 unspecified atom stereocenters. The molecule has 0 aromatic carbocycles. The fourth-order valence-corrected chi connectivity index (χ4v) is 3.54. The molecule has 0 radical (unpaired) electrons. The van der Waals surface area contributed by atoms with Gasteiger partial charge in [-0.25, -0.2) is 14.6 Å². The first kappa shape index (κ1) is 15.5. The molecule has 1 fully saturated rings. The number of halogens is 2. The van der Waals surface area contributed by atoms with Crippen LogP contribution in [0.2, 0.25) is 0 Å². The van der Waals surface area contributed by atoms with Crippen LogP contribution in [-0.4, -0.2) is 49.5 Å². The number of anilines is 1. The lowest BCUT2D eigenvalue weighted by atomic mass is 10.1. The van der Waals surface area contributed by atoms with Crippen molar-refractivity contribution in [1.29, 1.82) is 0 Å². The Balaban J connectivity index is 1.91. The predicted molar refractivity (Wildman–Crippen MR) is 87.6 cm³/mol. The Kier molecular flexibility index (Phi) is 4.49. The van der Waals surface area contributed by atoms with Crippen molar-refractivity contribution >= 4 is 50.3 Å². The SMILES string of the molecule is Nc1ncnc2c1c(Br)nn2C1CCCN(C(=O)CCCl)C1. The molecule has 2 aromatic rings. The van der Waals surface area contributed by atoms with Crippen LogP contribution in [0.25, 0.3) is 11.0 Å². The average Bonchev–Trinajstić information content (AvgIpc) is 2.86. The van der Waals surface area contributed by atoms with Crippen LogP contribution >= 0.6 is 27.5 Å². The van der Waals surface area contributed by atoms with Crippen LogP contribution in [0.1, 0.15) is 25.3 Å². The molecule has 2 aromatic heterocycles. The number of hydrogen-bond acceptors (Lipinski definition) is 5. The number of piperidine rings is 1. The van der Waals surface area contributed by atoms with Crippen LogP contribution in [0.15, 0.2) is 10.9 Å². The molecule has 118 valence electrons. The molecular weight excluding hydrogens is 372 g/mol. The minimum absolute atomic E-state index is 0.0797. The summed E-state index contributed by atoms with van der Waals surface area (Å²) in [5, 5.41) is 5.22. The van der Waals surface area contributed by atoms with Crippen molar-refractivity contribution in [2.24, 2.45) is 0 Å². The maximum Gasteiger partial charge on any atom is 0.223 e. The van der Waals surface area contributed by atoms with E-state index in [1.54, 1.807) is 0 Å². The van der Waals surface area contributed by atoms with Gasteiger partial charge in [-0.3, -0.25) is 4.79 Å². The molecule has 1 amide bonds. The van der Waals surface area contributed by atoms with Crippen LogP contribution < -0.4 is 5.73 Å². The summed E-state index contributed by atoms with van der Waals surface area (Å²) in [6, 6.07) is 0.0797. The Labute approximate surface area is 141 Å². The monoisotopic (exact) mass is 386 g/mol. The first-order chi connectivity index (χ1) is 10.6. The van der Waals surface area contributed by atoms with Gasteiger partial charge in [-0.1, -0.05) is 0 Å². The van der Waals surface area contributed by atoms with E-state index in [1.807, 2.05) is 9.58 Å². The van der Waals surface area contributed by atoms with Gasteiger partial charge >= 0.3 is 0 Å². The highest BCUT2D eigenvalue weighted by Gasteiger charge is 2.27. The molecule has 3 heterocycles. The highest BCUT2D eigenvalue weighted by molar-refractivity contribution is 9.10. The second-order valence-electron chi connectivity index (χ2n) is 5.27. The van der Waals surface area contributed by atoms with Crippen molar-refractivity contribution in [2.75, 3.05) is 24.7 Å². The molecule has 1 saturated heterocycles. The maximum atomic E-state index is 12.1. The quantitative estimate of drug-likeness (QED) is 0.813. The molecule has 0 aliphatic carbocycles. The largest absolute Gasteiger partial charge is 0.383 e. The van der Waals surface area contributed by atoms with Crippen LogP contribution in [0.4, 0.5) is 5.82 Å². The number of likely N-dealkylation sites (tertiary alicyclic amines) is 1. The topological polar surface area (TPSA) is 89.9 Å². The highest BCUT2D eigenvalue weighted by Crippen LogP contribution is 2.30. The third kappa shape index (κ3) is 2.77. The average molecular weight is 388 g/mol. The van der Waals surface area contributed by atoms with E-state index in [0.29, 0.717) is 40.3 Å². The number of fused-ring (bicyclic) bond motifs is 1. The highest BCUT2D eigenvalue weighted by atomic mass is 79.9. The fourth-order valence-electron chi connectivity index (χ4n) is 2.83. The van der Waals surface area contributed by atoms with Gasteiger partial charge in [0.05, 0.1) is 11.4 Å². The van der Waals surface area contributed by atoms with E-state index in [1.165, 1.54) is 6.33 Å². The molecule has 2 N–H and O–H groups in total. The summed E-state index contributed by atoms with van der Waals surface area (Å²) < 4.78 is 2.47. The summed E-state index contributed by atoms with van der Waals surface area (Å²) in [6.07, 6.45) is 3.67. The number of nitrogens with two attached hydrogens (primary N) is 1. The molecule has 22 heavy (non-hydrogen) atoms. The summed E-state index contributed by atoms with van der Waals surface area (Å²) in [7, 11) is 0. The van der Waals surface area contributed by atoms with Crippen LogP contribution in [0.5, 0.6) is 0 Å². The van der Waals surface area contributed by atoms with Gasteiger partial charge in [0.1, 0.15) is 16.7 Å². The van der Waals surface area contributed by atoms with E-state index in [9.17, 15) is 4.79 Å². The Morgan fingerprint density at radius 1 is 1.50 bits per heavy atom. The van der Waals surface area contributed by atoms with E-state index in [0.717, 1.165) is 19.4 Å². The Bertz CT molecular complexity index is 705. The van der Waals surface area contributed by atoms with E-state index in [2.05, 4.69) is 31.0 Å². The molecule has 7 nitrogen and oxygen atoms in total. The van der Waals surface area contributed by atoms with Crippen molar-refractivity contribution in [3.05, 3.63) is 10.9 Å². The lowest BCUT2D eigenvalue weighted by Crippen LogP contribution is -2.41. The molecule has 1 aliphatic heterocycles. The normalized spacial score (nSPS) is 18.8. The van der Waals surface area contributed by atoms with Gasteiger partial charge in [-0.2, -0.15) is 5.10 Å². The lowest BCUT2D eigenvalue weighted by Gasteiger charge is -2.33. The summed E-state index contributed by atoms with van der Waals surface area (Å²) >= 11 is 9.08. The van der Waals surface area contributed by atoms with Crippen molar-refractivity contribution < 1.29 is 4.79 Å². The Morgan fingerprint density at radius 2 is 2.32 bits per heavy atom. The second-order valence-corrected chi connectivity index (χ2v) is 6.40. The second kappa shape index (κ2) is 6.37. The molecule has 1 aliphatic rings. The van der Waals surface area contributed by atoms with Gasteiger partial charge in [-0.05, 0) is 28.8 Å². The fraction of sp³-hybridized carbons (Fsp3) is 0.538. The molecular formula is C13H16BrClN6O. The third-order valence-electron chi connectivity index (χ3n) is 3.88. The molecule has 0 saturated carbocycles. The zero-order valence-electron chi connectivity index (χ0n) is 11.9. The summed E-state index contributed by atoms with van der Waals surface area (Å²) in [4.78, 5) is 22.2. The summed E-state index contributed by atoms with van der Waals surface area (Å²) in [5.41, 5.74) is 6.59. The first-order valence-corrected chi connectivity index (χ1v) is 8.42. The number of nitrogens with zero attached hydrogens (tertiary/aromatic N) is 5. The number of hydrogen-bond donors (Lipinski definition) is 1. The summed E-state index contributed by atoms with van der Waals surface area (Å²) in [6.45, 7) is 1.38. The molecule has 0 bridgehead atoms. The van der Waals surface area contributed by atoms with Gasteiger partial charge in [0.15, 0.2) is 5.65 Å². The number of carbonyl (C=O) groups excluding carboxylic acids is 1. The van der Waals surface area contributed by atoms with Crippen molar-refractivity contribution in [3.63, 3.8) is 0 Å². The van der Waals surface area contributed by atoms with E-state index >= 15 is 0 Å². The molecule has 3 rings (SSSR count). The standard InChI is InChI=1S/C13H16BrClN6O/c14-11-10-12(16)17-7-18-13(10)21(19-11)8-2-1-5-20(6-8)9(22)3-4-15/h7-8H,1-6H2,(H2,16,17,18). The van der Waals surface area contributed by atoms with Gasteiger partial charge < -0.3 is 10.6 Å². The van der Waals surface area contributed by atoms with Crippen molar-refractivity contribution in [2.45, 2.75) is 25.3 Å². The zero-order chi connectivity index (χ0) is 15.7. The zero-order valence-corrected chi connectivity index (χ0v) is 14.2. The molecule has 1 atom stereocenters. The number of rotatable bonds is 3. The number of amides is 1. The van der Waals surface area contributed by atoms with Crippen molar-refractivity contribution in [3.8, 4) is 0 Å². The number of carbonyl (C=O) groups is 1. The third-order valence-corrected chi connectivity index (χ3v) is 4.62. The van der Waals surface area contributed by atoms with E-state index < -0.39 is 0 Å². The van der Waals surface area contributed by atoms with Gasteiger partial charge in [0.25, 0.3) is 0 Å². The van der Waals surface area contributed by atoms with Gasteiger partial charge in [-0.15, -0.1) is 11.6 Å². The maximum absolute atomic E-state index is 12.1. The van der Waals surface area contributed by atoms with Gasteiger partial charge in [0.2, 0.25) is 5.91 Å². The lowest BCUT2D eigenvalue weighted by molar-refractivity contribution is -0.132. The molecule has 0 spiro atoms. The van der Waals surface area contributed by atoms with E-state index in [4.69, 9.17) is 17.3 Å². The number of aromatic nitrogens is 4. The Morgan fingerprint density at radius 3 is 3.09 bits per heavy atom. The number of nitrogen functional groups attached to an aromatic ring is 1. The first-order valence-electron chi connectivity index (χ1n) is 7.09.